The lowest BCUT2D eigenvalue weighted by molar-refractivity contribution is 0.0943. The van der Waals surface area contributed by atoms with Crippen LogP contribution >= 0.6 is 11.3 Å². The Bertz CT molecular complexity index is 1470. The Morgan fingerprint density at radius 3 is 2.53 bits per heavy atom. The van der Waals surface area contributed by atoms with Crippen molar-refractivity contribution >= 4 is 28.3 Å². The van der Waals surface area contributed by atoms with Gasteiger partial charge in [0, 0.05) is 10.9 Å². The van der Waals surface area contributed by atoms with Crippen LogP contribution in [0, 0.1) is 13.8 Å². The van der Waals surface area contributed by atoms with E-state index in [0.717, 1.165) is 16.1 Å². The van der Waals surface area contributed by atoms with Crippen LogP contribution in [-0.4, -0.2) is 35.9 Å². The number of nitrogens with one attached hydrogen (secondary N) is 2. The topological polar surface area (TPSA) is 101 Å². The summed E-state index contributed by atoms with van der Waals surface area (Å²) < 4.78 is 1.85. The van der Waals surface area contributed by atoms with Gasteiger partial charge in [0.15, 0.2) is 11.5 Å². The summed E-state index contributed by atoms with van der Waals surface area (Å²) in [6.45, 7) is 7.99. The predicted octanol–water partition coefficient (Wildman–Crippen LogP) is 5.00. The number of amides is 1. The van der Waals surface area contributed by atoms with E-state index in [0.29, 0.717) is 28.2 Å². The number of aryl methyl sites for hydroxylation is 2. The van der Waals surface area contributed by atoms with E-state index in [1.807, 2.05) is 67.9 Å². The highest BCUT2D eigenvalue weighted by atomic mass is 32.1. The maximum absolute atomic E-state index is 13.8. The summed E-state index contributed by atoms with van der Waals surface area (Å²) in [7, 11) is 0. The number of nitrogens with zero attached hydrogens (tertiary/aromatic N) is 5. The van der Waals surface area contributed by atoms with E-state index >= 15 is 0 Å². The van der Waals surface area contributed by atoms with Crippen LogP contribution in [-0.2, 0) is 0 Å². The van der Waals surface area contributed by atoms with Crippen molar-refractivity contribution in [2.75, 3.05) is 0 Å². The number of H-pyrrole nitrogens is 1. The van der Waals surface area contributed by atoms with Gasteiger partial charge in [0.1, 0.15) is 11.9 Å². The molecular formula is C25H25N7OS. The van der Waals surface area contributed by atoms with Crippen molar-refractivity contribution < 1.29 is 4.79 Å². The SMILES string of the molecule is Cc1nc(C(NC(=O)c2cc(-c3ccc(C)s3)nc3c2cnn3C(C)C)c2ccccc2)n[nH]1. The monoisotopic (exact) mass is 471 g/mol. The summed E-state index contributed by atoms with van der Waals surface area (Å²) in [6.07, 6.45) is 1.72. The third-order valence-corrected chi connectivity index (χ3v) is 6.60. The van der Waals surface area contributed by atoms with Gasteiger partial charge in [-0.05, 0) is 51.5 Å². The molecule has 0 fully saturated rings. The zero-order chi connectivity index (χ0) is 23.8. The number of fused-ring (bicyclic) bond motifs is 1. The maximum atomic E-state index is 13.8. The zero-order valence-corrected chi connectivity index (χ0v) is 20.2. The van der Waals surface area contributed by atoms with Crippen LogP contribution in [0.25, 0.3) is 21.6 Å². The highest BCUT2D eigenvalue weighted by Gasteiger charge is 2.25. The Kier molecular flexibility index (Phi) is 5.70. The Morgan fingerprint density at radius 1 is 1.09 bits per heavy atom. The number of thiophene rings is 1. The molecule has 2 N–H and O–H groups in total. The molecule has 0 spiro atoms. The second kappa shape index (κ2) is 8.83. The van der Waals surface area contributed by atoms with E-state index < -0.39 is 6.04 Å². The van der Waals surface area contributed by atoms with Gasteiger partial charge >= 0.3 is 0 Å². The minimum absolute atomic E-state index is 0.106. The summed E-state index contributed by atoms with van der Waals surface area (Å²) in [5.74, 6) is 0.959. The van der Waals surface area contributed by atoms with E-state index in [2.05, 4.69) is 38.6 Å². The molecule has 34 heavy (non-hydrogen) atoms. The van der Waals surface area contributed by atoms with E-state index in [-0.39, 0.29) is 11.9 Å². The van der Waals surface area contributed by atoms with Gasteiger partial charge in [0.25, 0.3) is 5.91 Å². The quantitative estimate of drug-likeness (QED) is 0.363. The molecule has 0 aliphatic heterocycles. The number of carbonyl (C=O) groups is 1. The van der Waals surface area contributed by atoms with Crippen LogP contribution in [0.4, 0.5) is 0 Å². The summed E-state index contributed by atoms with van der Waals surface area (Å²) in [6, 6.07) is 15.3. The number of hydrogen-bond acceptors (Lipinski definition) is 6. The zero-order valence-electron chi connectivity index (χ0n) is 19.4. The lowest BCUT2D eigenvalue weighted by atomic mass is 10.0. The fourth-order valence-electron chi connectivity index (χ4n) is 3.92. The van der Waals surface area contributed by atoms with Gasteiger partial charge in [-0.1, -0.05) is 30.3 Å². The minimum Gasteiger partial charge on any atom is -0.338 e. The Balaban J connectivity index is 1.61. The highest BCUT2D eigenvalue weighted by Crippen LogP contribution is 2.31. The third kappa shape index (κ3) is 4.10. The summed E-state index contributed by atoms with van der Waals surface area (Å²) >= 11 is 1.65. The number of aromatic amines is 1. The van der Waals surface area contributed by atoms with Gasteiger partial charge in [-0.25, -0.2) is 14.6 Å². The predicted molar refractivity (Wildman–Crippen MR) is 133 cm³/mol. The Labute approximate surface area is 201 Å². The van der Waals surface area contributed by atoms with Crippen molar-refractivity contribution in [2.24, 2.45) is 0 Å². The minimum atomic E-state index is -0.505. The van der Waals surface area contributed by atoms with Crippen LogP contribution in [0.3, 0.4) is 0 Å². The molecule has 0 radical (unpaired) electrons. The average Bonchev–Trinajstić information content (AvgIpc) is 3.56. The first-order valence-corrected chi connectivity index (χ1v) is 11.9. The van der Waals surface area contributed by atoms with Crippen molar-refractivity contribution in [3.8, 4) is 10.6 Å². The maximum Gasteiger partial charge on any atom is 0.253 e. The number of pyridine rings is 1. The molecule has 1 aromatic carbocycles. The average molecular weight is 472 g/mol. The van der Waals surface area contributed by atoms with Gasteiger partial charge in [0.2, 0.25) is 0 Å². The number of rotatable bonds is 6. The molecule has 1 atom stereocenters. The van der Waals surface area contributed by atoms with Crippen LogP contribution in [0.1, 0.15) is 58.4 Å². The van der Waals surface area contributed by atoms with E-state index in [9.17, 15) is 4.79 Å². The van der Waals surface area contributed by atoms with Crippen LogP contribution in [0.15, 0.2) is 54.7 Å². The lowest BCUT2D eigenvalue weighted by Crippen LogP contribution is -2.30. The number of benzene rings is 1. The van der Waals surface area contributed by atoms with Gasteiger partial charge in [-0.15, -0.1) is 11.3 Å². The molecule has 0 aliphatic carbocycles. The molecule has 0 saturated heterocycles. The van der Waals surface area contributed by atoms with Gasteiger partial charge in [0.05, 0.1) is 27.7 Å². The first-order chi connectivity index (χ1) is 16.4. The Morgan fingerprint density at radius 2 is 1.88 bits per heavy atom. The van der Waals surface area contributed by atoms with E-state index in [4.69, 9.17) is 4.98 Å². The molecule has 5 rings (SSSR count). The molecular weight excluding hydrogens is 446 g/mol. The van der Waals surface area contributed by atoms with Crippen molar-refractivity contribution in [1.29, 1.82) is 0 Å². The molecule has 5 aromatic rings. The molecule has 0 bridgehead atoms. The van der Waals surface area contributed by atoms with Crippen LogP contribution in [0.2, 0.25) is 0 Å². The third-order valence-electron chi connectivity index (χ3n) is 5.57. The lowest BCUT2D eigenvalue weighted by Gasteiger charge is -2.17. The van der Waals surface area contributed by atoms with Crippen LogP contribution < -0.4 is 5.32 Å². The molecule has 0 aliphatic rings. The first-order valence-electron chi connectivity index (χ1n) is 11.1. The van der Waals surface area contributed by atoms with Crippen LogP contribution in [0.5, 0.6) is 0 Å². The molecule has 4 aromatic heterocycles. The summed E-state index contributed by atoms with van der Waals surface area (Å²) in [5.41, 5.74) is 2.86. The second-order valence-corrected chi connectivity index (χ2v) is 9.77. The highest BCUT2D eigenvalue weighted by molar-refractivity contribution is 7.15. The number of aromatic nitrogens is 6. The fourth-order valence-corrected chi connectivity index (χ4v) is 4.75. The number of carbonyl (C=O) groups excluding carboxylic acids is 1. The second-order valence-electron chi connectivity index (χ2n) is 8.48. The summed E-state index contributed by atoms with van der Waals surface area (Å²) in [4.78, 5) is 25.3. The van der Waals surface area contributed by atoms with Gasteiger partial charge in [-0.3, -0.25) is 9.89 Å². The molecule has 172 valence electrons. The summed E-state index contributed by atoms with van der Waals surface area (Å²) in [5, 5.41) is 15.6. The normalized spacial score (nSPS) is 12.4. The van der Waals surface area contributed by atoms with Crippen molar-refractivity contribution in [3.05, 3.63) is 82.4 Å². The number of hydrogen-bond donors (Lipinski definition) is 2. The molecule has 8 nitrogen and oxygen atoms in total. The molecule has 0 saturated carbocycles. The Hall–Kier alpha value is -3.85. The van der Waals surface area contributed by atoms with Crippen molar-refractivity contribution in [2.45, 2.75) is 39.8 Å². The van der Waals surface area contributed by atoms with Crippen molar-refractivity contribution in [1.82, 2.24) is 35.3 Å². The van der Waals surface area contributed by atoms with E-state index in [1.165, 1.54) is 4.88 Å². The first kappa shape index (κ1) is 22.0. The fraction of sp³-hybridized carbons (Fsp3) is 0.240. The van der Waals surface area contributed by atoms with E-state index in [1.54, 1.807) is 17.5 Å². The molecule has 4 heterocycles. The smallest absolute Gasteiger partial charge is 0.253 e. The van der Waals surface area contributed by atoms with Crippen molar-refractivity contribution in [3.63, 3.8) is 0 Å². The largest absolute Gasteiger partial charge is 0.338 e. The molecule has 1 amide bonds. The molecule has 9 heteroatoms. The van der Waals surface area contributed by atoms with Gasteiger partial charge < -0.3 is 5.32 Å². The standard InChI is InChI=1S/C25H25N7OS/c1-14(2)32-24-19(13-26-32)18(12-20(28-24)21-11-10-15(3)34-21)25(33)29-22(17-8-6-5-7-9-17)23-27-16(4)30-31-23/h5-14,22H,1-4H3,(H,29,33)(H,27,30,31). The molecule has 1 unspecified atom stereocenters. The van der Waals surface area contributed by atoms with Gasteiger partial charge in [-0.2, -0.15) is 10.2 Å².